The Morgan fingerprint density at radius 1 is 0.758 bits per heavy atom. The molecular weight excluding hydrogens is 404 g/mol. The number of fused-ring (bicyclic) bond motifs is 1. The number of benzene rings is 4. The zero-order valence-corrected chi connectivity index (χ0v) is 18.9. The van der Waals surface area contributed by atoms with E-state index < -0.39 is 0 Å². The molecule has 4 aromatic carbocycles. The van der Waals surface area contributed by atoms with Gasteiger partial charge in [-0.3, -0.25) is 4.79 Å². The van der Waals surface area contributed by atoms with E-state index in [0.29, 0.717) is 5.56 Å². The maximum absolute atomic E-state index is 12.9. The van der Waals surface area contributed by atoms with Gasteiger partial charge >= 0.3 is 0 Å². The molecule has 1 N–H and O–H groups in total. The summed E-state index contributed by atoms with van der Waals surface area (Å²) in [5.74, 6) is -0.103. The third-order valence-corrected chi connectivity index (χ3v) is 6.26. The number of amides is 1. The molecule has 0 fully saturated rings. The van der Waals surface area contributed by atoms with E-state index in [-0.39, 0.29) is 5.91 Å². The molecule has 0 aliphatic carbocycles. The molecule has 1 heterocycles. The van der Waals surface area contributed by atoms with Crippen molar-refractivity contribution < 1.29 is 4.79 Å². The van der Waals surface area contributed by atoms with E-state index in [0.717, 1.165) is 34.6 Å². The number of hydrogen-bond acceptors (Lipinski definition) is 2. The van der Waals surface area contributed by atoms with Crippen molar-refractivity contribution >= 4 is 23.0 Å². The van der Waals surface area contributed by atoms with Crippen molar-refractivity contribution in [2.45, 2.75) is 20.3 Å². The number of nitrogens with one attached hydrogen (secondary N) is 1. The first-order chi connectivity index (χ1) is 16.1. The molecular formula is C30H26N2O. The molecule has 0 aromatic heterocycles. The van der Waals surface area contributed by atoms with Gasteiger partial charge in [0.1, 0.15) is 0 Å². The van der Waals surface area contributed by atoms with E-state index >= 15 is 0 Å². The molecule has 1 aliphatic rings. The summed E-state index contributed by atoms with van der Waals surface area (Å²) >= 11 is 0. The lowest BCUT2D eigenvalue weighted by Gasteiger charge is -2.33. The first kappa shape index (κ1) is 20.8. The van der Waals surface area contributed by atoms with Crippen LogP contribution in [0.4, 0.5) is 17.1 Å². The molecule has 5 rings (SSSR count). The maximum atomic E-state index is 12.9. The first-order valence-electron chi connectivity index (χ1n) is 11.2. The summed E-state index contributed by atoms with van der Waals surface area (Å²) in [7, 11) is 0. The Bertz CT molecular complexity index is 1320. The van der Waals surface area contributed by atoms with E-state index in [1.807, 2.05) is 54.6 Å². The molecule has 33 heavy (non-hydrogen) atoms. The lowest BCUT2D eigenvalue weighted by atomic mass is 9.96. The summed E-state index contributed by atoms with van der Waals surface area (Å²) in [6.45, 7) is 4.34. The predicted octanol–water partition coefficient (Wildman–Crippen LogP) is 7.59. The van der Waals surface area contributed by atoms with Crippen LogP contribution in [0.3, 0.4) is 0 Å². The monoisotopic (exact) mass is 430 g/mol. The van der Waals surface area contributed by atoms with Crippen LogP contribution >= 0.6 is 0 Å². The molecule has 0 saturated carbocycles. The average Bonchev–Trinajstić information content (AvgIpc) is 2.86. The van der Waals surface area contributed by atoms with Gasteiger partial charge in [0.2, 0.25) is 0 Å². The standard InChI is InChI=1S/C30H26N2O/c1-21-19-26-20-27(17-18-29(26)32(22(21)2)28-11-7-4-8-12-28)31-30(33)25-15-13-24(14-16-25)23-9-5-3-6-10-23/h3-18,20H,19H2,1-2H3,(H,31,33). The number of anilines is 3. The fraction of sp³-hybridized carbons (Fsp3) is 0.100. The number of carbonyl (C=O) groups is 1. The minimum absolute atomic E-state index is 0.103. The minimum Gasteiger partial charge on any atom is -0.322 e. The highest BCUT2D eigenvalue weighted by molar-refractivity contribution is 6.04. The van der Waals surface area contributed by atoms with E-state index in [2.05, 4.69) is 72.6 Å². The van der Waals surface area contributed by atoms with Crippen molar-refractivity contribution in [2.24, 2.45) is 0 Å². The van der Waals surface area contributed by atoms with Gasteiger partial charge in [-0.05, 0) is 85.0 Å². The van der Waals surface area contributed by atoms with Gasteiger partial charge in [-0.1, -0.05) is 60.7 Å². The number of nitrogens with zero attached hydrogens (tertiary/aromatic N) is 1. The molecule has 162 valence electrons. The van der Waals surface area contributed by atoms with Gasteiger partial charge in [0, 0.05) is 28.3 Å². The molecule has 3 nitrogen and oxygen atoms in total. The normalized spacial score (nSPS) is 13.0. The van der Waals surface area contributed by atoms with Crippen molar-refractivity contribution in [1.82, 2.24) is 0 Å². The van der Waals surface area contributed by atoms with E-state index in [4.69, 9.17) is 0 Å². The molecule has 0 spiro atoms. The summed E-state index contributed by atoms with van der Waals surface area (Å²) in [4.78, 5) is 15.2. The Labute approximate surface area is 195 Å². The van der Waals surface area contributed by atoms with Gasteiger partial charge in [0.25, 0.3) is 5.91 Å². The molecule has 0 unspecified atom stereocenters. The summed E-state index contributed by atoms with van der Waals surface area (Å²) in [5, 5.41) is 3.07. The molecule has 1 amide bonds. The Morgan fingerprint density at radius 3 is 2.09 bits per heavy atom. The second kappa shape index (κ2) is 8.79. The Hall–Kier alpha value is -4.11. The highest BCUT2D eigenvalue weighted by Crippen LogP contribution is 2.39. The minimum atomic E-state index is -0.103. The Kier molecular flexibility index (Phi) is 5.54. The molecule has 0 bridgehead atoms. The molecule has 3 heteroatoms. The van der Waals surface area contributed by atoms with E-state index in [9.17, 15) is 4.79 Å². The van der Waals surface area contributed by atoms with Crippen LogP contribution < -0.4 is 10.2 Å². The third-order valence-electron chi connectivity index (χ3n) is 6.26. The number of hydrogen-bond donors (Lipinski definition) is 1. The first-order valence-corrected chi connectivity index (χ1v) is 11.2. The second-order valence-corrected chi connectivity index (χ2v) is 8.45. The lowest BCUT2D eigenvalue weighted by molar-refractivity contribution is 0.102. The third kappa shape index (κ3) is 4.18. The quantitative estimate of drug-likeness (QED) is 0.362. The fourth-order valence-electron chi connectivity index (χ4n) is 4.37. The van der Waals surface area contributed by atoms with E-state index in [1.165, 1.54) is 16.8 Å². The predicted molar refractivity (Wildman–Crippen MR) is 137 cm³/mol. The van der Waals surface area contributed by atoms with Crippen LogP contribution in [0.5, 0.6) is 0 Å². The molecule has 0 atom stereocenters. The highest BCUT2D eigenvalue weighted by atomic mass is 16.1. The highest BCUT2D eigenvalue weighted by Gasteiger charge is 2.22. The van der Waals surface area contributed by atoms with Crippen molar-refractivity contribution in [3.05, 3.63) is 126 Å². The van der Waals surface area contributed by atoms with Gasteiger partial charge in [-0.15, -0.1) is 0 Å². The summed E-state index contributed by atoms with van der Waals surface area (Å²) in [6.07, 6.45) is 0.875. The van der Waals surface area contributed by atoms with Gasteiger partial charge < -0.3 is 10.2 Å². The molecule has 0 saturated heterocycles. The molecule has 4 aromatic rings. The maximum Gasteiger partial charge on any atom is 0.255 e. The lowest BCUT2D eigenvalue weighted by Crippen LogP contribution is -2.22. The van der Waals surface area contributed by atoms with Crippen LogP contribution in [0.25, 0.3) is 11.1 Å². The van der Waals surface area contributed by atoms with Crippen LogP contribution in [-0.2, 0) is 6.42 Å². The summed E-state index contributed by atoms with van der Waals surface area (Å²) < 4.78 is 0. The largest absolute Gasteiger partial charge is 0.322 e. The summed E-state index contributed by atoms with van der Waals surface area (Å²) in [6, 6.07) is 34.5. The van der Waals surface area contributed by atoms with Gasteiger partial charge in [-0.2, -0.15) is 0 Å². The van der Waals surface area contributed by atoms with Gasteiger partial charge in [0.05, 0.1) is 0 Å². The topological polar surface area (TPSA) is 32.3 Å². The average molecular weight is 431 g/mol. The van der Waals surface area contributed by atoms with Crippen molar-refractivity contribution in [3.63, 3.8) is 0 Å². The van der Waals surface area contributed by atoms with Crippen LogP contribution in [-0.4, -0.2) is 5.91 Å². The van der Waals surface area contributed by atoms with E-state index in [1.54, 1.807) is 0 Å². The molecule has 0 radical (unpaired) electrons. The van der Waals surface area contributed by atoms with Crippen LogP contribution in [0, 0.1) is 0 Å². The van der Waals surface area contributed by atoms with Gasteiger partial charge in [0.15, 0.2) is 0 Å². The van der Waals surface area contributed by atoms with Crippen LogP contribution in [0.2, 0.25) is 0 Å². The van der Waals surface area contributed by atoms with Crippen molar-refractivity contribution in [1.29, 1.82) is 0 Å². The fourth-order valence-corrected chi connectivity index (χ4v) is 4.37. The number of rotatable bonds is 4. The Balaban J connectivity index is 1.38. The zero-order valence-electron chi connectivity index (χ0n) is 18.9. The van der Waals surface area contributed by atoms with Gasteiger partial charge in [-0.25, -0.2) is 0 Å². The Morgan fingerprint density at radius 2 is 1.39 bits per heavy atom. The number of allylic oxidation sites excluding steroid dienone is 2. The van der Waals surface area contributed by atoms with Crippen LogP contribution in [0.15, 0.2) is 114 Å². The molecule has 1 aliphatic heterocycles. The SMILES string of the molecule is CC1=C(C)N(c2ccccc2)c2ccc(NC(=O)c3ccc(-c4ccccc4)cc3)cc2C1. The smallest absolute Gasteiger partial charge is 0.255 e. The zero-order chi connectivity index (χ0) is 22.8. The van der Waals surface area contributed by atoms with Crippen molar-refractivity contribution in [3.8, 4) is 11.1 Å². The number of para-hydroxylation sites is 1. The number of carbonyl (C=O) groups excluding carboxylic acids is 1. The van der Waals surface area contributed by atoms with Crippen molar-refractivity contribution in [2.75, 3.05) is 10.2 Å². The van der Waals surface area contributed by atoms with Crippen LogP contribution in [0.1, 0.15) is 29.8 Å². The summed E-state index contributed by atoms with van der Waals surface area (Å²) in [5.41, 5.74) is 9.78. The second-order valence-electron chi connectivity index (χ2n) is 8.45.